The van der Waals surface area contributed by atoms with Gasteiger partial charge in [-0.2, -0.15) is 0 Å². The summed E-state index contributed by atoms with van der Waals surface area (Å²) in [5, 5.41) is 11.3. The summed E-state index contributed by atoms with van der Waals surface area (Å²) in [4.78, 5) is 10.8. The lowest BCUT2D eigenvalue weighted by atomic mass is 9.82. The highest BCUT2D eigenvalue weighted by molar-refractivity contribution is 7.91. The lowest BCUT2D eigenvalue weighted by Crippen LogP contribution is -2.32. The van der Waals surface area contributed by atoms with Crippen LogP contribution in [0.3, 0.4) is 0 Å². The molecular weight excluding hydrogens is 376 g/mol. The third-order valence-electron chi connectivity index (χ3n) is 4.70. The van der Waals surface area contributed by atoms with Crippen LogP contribution in [-0.2, 0) is 21.1 Å². The summed E-state index contributed by atoms with van der Waals surface area (Å²) in [5.74, 6) is -2.19. The Labute approximate surface area is 155 Å². The number of aryl methyl sites for hydroxylation is 1. The zero-order valence-corrected chi connectivity index (χ0v) is 15.2. The molecule has 0 unspecified atom stereocenters. The van der Waals surface area contributed by atoms with Crippen molar-refractivity contribution in [2.24, 2.45) is 0 Å². The van der Waals surface area contributed by atoms with Crippen molar-refractivity contribution in [3.63, 3.8) is 0 Å². The maximum Gasteiger partial charge on any atom is 0.245 e. The number of halogens is 2. The van der Waals surface area contributed by atoms with Crippen LogP contribution in [0.4, 0.5) is 8.78 Å². The van der Waals surface area contributed by atoms with E-state index in [4.69, 9.17) is 5.11 Å². The molecule has 2 aromatic carbocycles. The zero-order chi connectivity index (χ0) is 19.6. The molecule has 0 saturated heterocycles. The van der Waals surface area contributed by atoms with Crippen molar-refractivity contribution in [3.8, 4) is 0 Å². The van der Waals surface area contributed by atoms with Gasteiger partial charge in [0.1, 0.15) is 18.2 Å². The van der Waals surface area contributed by atoms with Crippen LogP contribution in [0.5, 0.6) is 0 Å². The van der Waals surface area contributed by atoms with Gasteiger partial charge in [0.25, 0.3) is 0 Å². The average molecular weight is 395 g/mol. The molecule has 1 aliphatic carbocycles. The van der Waals surface area contributed by atoms with Crippen molar-refractivity contribution in [1.82, 2.24) is 5.32 Å². The van der Waals surface area contributed by atoms with E-state index in [0.29, 0.717) is 24.0 Å². The summed E-state index contributed by atoms with van der Waals surface area (Å²) < 4.78 is 53.7. The molecule has 3 rings (SSSR count). The van der Waals surface area contributed by atoms with Gasteiger partial charge in [0, 0.05) is 12.5 Å². The molecule has 1 amide bonds. The molecule has 144 valence electrons. The molecule has 0 bridgehead atoms. The zero-order valence-electron chi connectivity index (χ0n) is 14.4. The Hall–Kier alpha value is -2.32. The van der Waals surface area contributed by atoms with Crippen molar-refractivity contribution in [2.75, 3.05) is 13.2 Å². The molecule has 0 saturated carbocycles. The first-order valence-electron chi connectivity index (χ1n) is 8.53. The number of nitrogens with one attached hydrogen (secondary N) is 1. The number of fused-ring (bicyclic) bond motifs is 1. The molecule has 0 fully saturated rings. The van der Waals surface area contributed by atoms with Crippen LogP contribution in [0.15, 0.2) is 46.2 Å². The van der Waals surface area contributed by atoms with E-state index >= 15 is 0 Å². The summed E-state index contributed by atoms with van der Waals surface area (Å²) in [5.41, 5.74) is 0.956. The normalized spacial score (nSPS) is 16.6. The SMILES string of the molecule is O=C(CO)NC[C@@H]1CCCc2cc(S(=O)(=O)c3cccc(F)c3)cc(F)c21. The third-order valence-corrected chi connectivity index (χ3v) is 6.43. The fourth-order valence-corrected chi connectivity index (χ4v) is 4.77. The molecule has 0 aromatic heterocycles. The average Bonchev–Trinajstić information content (AvgIpc) is 2.65. The van der Waals surface area contributed by atoms with Gasteiger partial charge >= 0.3 is 0 Å². The van der Waals surface area contributed by atoms with Crippen LogP contribution in [0.1, 0.15) is 29.9 Å². The Morgan fingerprint density at radius 2 is 1.96 bits per heavy atom. The van der Waals surface area contributed by atoms with Gasteiger partial charge in [-0.1, -0.05) is 6.07 Å². The number of aliphatic hydroxyl groups is 1. The summed E-state index contributed by atoms with van der Waals surface area (Å²) >= 11 is 0. The quantitative estimate of drug-likeness (QED) is 0.814. The molecule has 2 N–H and O–H groups in total. The predicted molar refractivity (Wildman–Crippen MR) is 94.0 cm³/mol. The van der Waals surface area contributed by atoms with E-state index in [-0.39, 0.29) is 22.3 Å². The topological polar surface area (TPSA) is 83.5 Å². The van der Waals surface area contributed by atoms with Gasteiger partial charge in [-0.25, -0.2) is 17.2 Å². The van der Waals surface area contributed by atoms with E-state index in [0.717, 1.165) is 24.6 Å². The van der Waals surface area contributed by atoms with Crippen molar-refractivity contribution >= 4 is 15.7 Å². The Balaban J connectivity index is 1.97. The van der Waals surface area contributed by atoms with E-state index in [1.54, 1.807) is 0 Å². The lowest BCUT2D eigenvalue weighted by Gasteiger charge is -2.27. The summed E-state index contributed by atoms with van der Waals surface area (Å²) in [7, 11) is -4.05. The number of benzene rings is 2. The first-order chi connectivity index (χ1) is 12.8. The molecular formula is C19H19F2NO4S. The van der Waals surface area contributed by atoms with Gasteiger partial charge in [0.2, 0.25) is 15.7 Å². The molecule has 0 aliphatic heterocycles. The highest BCUT2D eigenvalue weighted by Gasteiger charge is 2.28. The molecule has 0 radical (unpaired) electrons. The second-order valence-corrected chi connectivity index (χ2v) is 8.44. The van der Waals surface area contributed by atoms with E-state index in [1.807, 2.05) is 0 Å². The number of sulfone groups is 1. The lowest BCUT2D eigenvalue weighted by molar-refractivity contribution is -0.123. The number of amides is 1. The van der Waals surface area contributed by atoms with E-state index < -0.39 is 34.0 Å². The standard InChI is InChI=1S/C19H19F2NO4S/c20-14-5-2-6-15(8-14)27(25,26)16-7-12-3-1-4-13(10-22-18(24)11-23)19(12)17(21)9-16/h2,5-9,13,23H,1,3-4,10-11H2,(H,22,24)/t13-/m0/s1. The fourth-order valence-electron chi connectivity index (χ4n) is 3.42. The molecule has 8 heteroatoms. The van der Waals surface area contributed by atoms with E-state index in [1.165, 1.54) is 18.2 Å². The van der Waals surface area contributed by atoms with E-state index in [2.05, 4.69) is 5.32 Å². The highest BCUT2D eigenvalue weighted by Crippen LogP contribution is 2.36. The van der Waals surface area contributed by atoms with Crippen molar-refractivity contribution in [1.29, 1.82) is 0 Å². The van der Waals surface area contributed by atoms with Crippen LogP contribution in [0.2, 0.25) is 0 Å². The number of aliphatic hydroxyl groups excluding tert-OH is 1. The maximum absolute atomic E-state index is 14.8. The van der Waals surface area contributed by atoms with Gasteiger partial charge in [-0.3, -0.25) is 4.79 Å². The van der Waals surface area contributed by atoms with Gasteiger partial charge in [-0.15, -0.1) is 0 Å². The maximum atomic E-state index is 14.8. The molecule has 1 atom stereocenters. The Kier molecular flexibility index (Phi) is 5.57. The van der Waals surface area contributed by atoms with Crippen LogP contribution in [0.25, 0.3) is 0 Å². The monoisotopic (exact) mass is 395 g/mol. The van der Waals surface area contributed by atoms with Gasteiger partial charge in [0.05, 0.1) is 9.79 Å². The van der Waals surface area contributed by atoms with Crippen molar-refractivity contribution < 1.29 is 27.1 Å². The molecule has 5 nitrogen and oxygen atoms in total. The summed E-state index contributed by atoms with van der Waals surface area (Å²) in [6, 6.07) is 6.97. The number of carbonyl (C=O) groups excluding carboxylic acids is 1. The van der Waals surface area contributed by atoms with Crippen molar-refractivity contribution in [3.05, 3.63) is 59.2 Å². The van der Waals surface area contributed by atoms with E-state index in [9.17, 15) is 22.0 Å². The highest BCUT2D eigenvalue weighted by atomic mass is 32.2. The summed E-state index contributed by atoms with van der Waals surface area (Å²) in [6.45, 7) is -0.480. The van der Waals surface area contributed by atoms with Crippen LogP contribution < -0.4 is 5.32 Å². The molecule has 27 heavy (non-hydrogen) atoms. The minimum Gasteiger partial charge on any atom is -0.387 e. The predicted octanol–water partition coefficient (Wildman–Crippen LogP) is 2.33. The smallest absolute Gasteiger partial charge is 0.245 e. The number of hydrogen-bond donors (Lipinski definition) is 2. The molecule has 2 aromatic rings. The van der Waals surface area contributed by atoms with Crippen LogP contribution in [-0.4, -0.2) is 32.6 Å². The Morgan fingerprint density at radius 1 is 1.19 bits per heavy atom. The Bertz CT molecular complexity index is 976. The number of carbonyl (C=O) groups is 1. The second-order valence-electron chi connectivity index (χ2n) is 6.49. The number of rotatable bonds is 5. The van der Waals surface area contributed by atoms with Gasteiger partial charge < -0.3 is 10.4 Å². The number of hydrogen-bond acceptors (Lipinski definition) is 4. The fraction of sp³-hybridized carbons (Fsp3) is 0.316. The largest absolute Gasteiger partial charge is 0.387 e. The first-order valence-corrected chi connectivity index (χ1v) is 10.0. The molecule has 0 heterocycles. The Morgan fingerprint density at radius 3 is 2.67 bits per heavy atom. The van der Waals surface area contributed by atoms with Gasteiger partial charge in [-0.05, 0) is 60.7 Å². The van der Waals surface area contributed by atoms with Crippen molar-refractivity contribution in [2.45, 2.75) is 35.0 Å². The third kappa shape index (κ3) is 4.01. The minimum atomic E-state index is -4.05. The molecule has 0 spiro atoms. The molecule has 1 aliphatic rings. The first kappa shape index (κ1) is 19.4. The minimum absolute atomic E-state index is 0.166. The van der Waals surface area contributed by atoms with Crippen LogP contribution in [0, 0.1) is 11.6 Å². The summed E-state index contributed by atoms with van der Waals surface area (Å²) in [6.07, 6.45) is 1.88. The second kappa shape index (κ2) is 7.74. The van der Waals surface area contributed by atoms with Crippen LogP contribution >= 0.6 is 0 Å². The van der Waals surface area contributed by atoms with Gasteiger partial charge in [0.15, 0.2) is 0 Å².